The molecule has 0 unspecified atom stereocenters. The highest BCUT2D eigenvalue weighted by Gasteiger charge is 2.30. The molecule has 0 aliphatic carbocycles. The highest BCUT2D eigenvalue weighted by atomic mass is 32.2. The van der Waals surface area contributed by atoms with Crippen LogP contribution >= 0.6 is 0 Å². The van der Waals surface area contributed by atoms with Gasteiger partial charge in [0.15, 0.2) is 10.7 Å². The molecule has 0 bridgehead atoms. The molecule has 4 N–H and O–H groups in total. The lowest BCUT2D eigenvalue weighted by Gasteiger charge is -2.10. The van der Waals surface area contributed by atoms with Crippen molar-refractivity contribution in [3.05, 3.63) is 89.7 Å². The minimum absolute atomic E-state index is 0.00766. The summed E-state index contributed by atoms with van der Waals surface area (Å²) in [6, 6.07) is 18.8. The Hall–Kier alpha value is -4.18. The summed E-state index contributed by atoms with van der Waals surface area (Å²) >= 11 is 0. The molecule has 0 aliphatic heterocycles. The number of aromatic nitrogens is 2. The van der Waals surface area contributed by atoms with Crippen molar-refractivity contribution in [2.24, 2.45) is 0 Å². The minimum Gasteiger partial charge on any atom is -0.383 e. The van der Waals surface area contributed by atoms with E-state index >= 15 is 0 Å². The summed E-state index contributed by atoms with van der Waals surface area (Å²) in [5, 5.41) is 9.88. The van der Waals surface area contributed by atoms with E-state index in [-0.39, 0.29) is 33.7 Å². The second-order valence-electron chi connectivity index (χ2n) is 8.04. The van der Waals surface area contributed by atoms with Gasteiger partial charge in [0.1, 0.15) is 18.2 Å². The van der Waals surface area contributed by atoms with Crippen LogP contribution in [0.1, 0.15) is 11.1 Å². The monoisotopic (exact) mass is 493 g/mol. The minimum atomic E-state index is -4.11. The van der Waals surface area contributed by atoms with Crippen LogP contribution in [0.15, 0.2) is 82.6 Å². The highest BCUT2D eigenvalue weighted by Crippen LogP contribution is 2.34. The Kier molecular flexibility index (Phi) is 6.57. The molecular formula is C25H24FN5O3S. The number of aryl methyl sites for hydroxylation is 2. The number of anilines is 4. The van der Waals surface area contributed by atoms with Gasteiger partial charge in [-0.25, -0.2) is 17.5 Å². The van der Waals surface area contributed by atoms with Gasteiger partial charge in [-0.2, -0.15) is 5.10 Å². The second kappa shape index (κ2) is 9.59. The Morgan fingerprint density at radius 3 is 2.46 bits per heavy atom. The number of carbonyl (C=O) groups excluding carboxylic acids is 1. The fourth-order valence-corrected chi connectivity index (χ4v) is 5.10. The number of hydrogen-bond acceptors (Lipinski definition) is 6. The zero-order valence-electron chi connectivity index (χ0n) is 19.1. The lowest BCUT2D eigenvalue weighted by Crippen LogP contribution is -2.21. The number of nitrogen functional groups attached to an aromatic ring is 1. The van der Waals surface area contributed by atoms with E-state index in [9.17, 15) is 17.6 Å². The van der Waals surface area contributed by atoms with Crippen LogP contribution in [0, 0.1) is 19.7 Å². The maximum absolute atomic E-state index is 13.7. The third-order valence-electron chi connectivity index (χ3n) is 5.31. The number of benzene rings is 3. The van der Waals surface area contributed by atoms with Crippen LogP contribution in [0.5, 0.6) is 0 Å². The number of halogens is 1. The van der Waals surface area contributed by atoms with Crippen LogP contribution in [-0.4, -0.2) is 24.1 Å². The number of amides is 1. The van der Waals surface area contributed by atoms with Crippen molar-refractivity contribution in [1.82, 2.24) is 9.78 Å². The van der Waals surface area contributed by atoms with Crippen LogP contribution in [0.4, 0.5) is 27.4 Å². The van der Waals surface area contributed by atoms with Crippen LogP contribution in [0.25, 0.3) is 0 Å². The van der Waals surface area contributed by atoms with Crippen molar-refractivity contribution in [2.75, 3.05) is 16.4 Å². The fourth-order valence-electron chi connectivity index (χ4n) is 3.63. The molecule has 3 aromatic carbocycles. The summed E-state index contributed by atoms with van der Waals surface area (Å²) in [5.74, 6) is -1.28. The molecule has 0 atom stereocenters. The molecule has 8 nitrogen and oxygen atoms in total. The molecule has 4 rings (SSSR count). The fraction of sp³-hybridized carbons (Fsp3) is 0.120. The SMILES string of the molecule is Cc1ccc(NC(=O)Cn2nc(Nc3cccc(F)c3)c(S(=O)(=O)c3ccccc3)c2N)c(C)c1. The van der Waals surface area contributed by atoms with Gasteiger partial charge in [-0.05, 0) is 55.8 Å². The Morgan fingerprint density at radius 1 is 1.03 bits per heavy atom. The van der Waals surface area contributed by atoms with Gasteiger partial charge < -0.3 is 16.4 Å². The first-order valence-corrected chi connectivity index (χ1v) is 12.2. The van der Waals surface area contributed by atoms with Gasteiger partial charge in [0, 0.05) is 11.4 Å². The summed E-state index contributed by atoms with van der Waals surface area (Å²) in [7, 11) is -4.11. The number of nitrogens with one attached hydrogen (secondary N) is 2. The summed E-state index contributed by atoms with van der Waals surface area (Å²) in [6.07, 6.45) is 0. The summed E-state index contributed by atoms with van der Waals surface area (Å²) in [5.41, 5.74) is 9.07. The van der Waals surface area contributed by atoms with Crippen LogP contribution in [0.2, 0.25) is 0 Å². The Morgan fingerprint density at radius 2 is 1.77 bits per heavy atom. The van der Waals surface area contributed by atoms with E-state index in [1.165, 1.54) is 30.3 Å². The average molecular weight is 494 g/mol. The zero-order valence-corrected chi connectivity index (χ0v) is 19.9. The quantitative estimate of drug-likeness (QED) is 0.350. The Balaban J connectivity index is 1.72. The lowest BCUT2D eigenvalue weighted by molar-refractivity contribution is -0.116. The summed E-state index contributed by atoms with van der Waals surface area (Å²) in [4.78, 5) is 12.5. The van der Waals surface area contributed by atoms with Gasteiger partial charge in [-0.15, -0.1) is 0 Å². The molecule has 10 heteroatoms. The first-order valence-electron chi connectivity index (χ1n) is 10.7. The first kappa shape index (κ1) is 24.0. The van der Waals surface area contributed by atoms with Crippen molar-refractivity contribution in [1.29, 1.82) is 0 Å². The number of nitrogens with zero attached hydrogens (tertiary/aromatic N) is 2. The van der Waals surface area contributed by atoms with Crippen LogP contribution in [-0.2, 0) is 21.2 Å². The largest absolute Gasteiger partial charge is 0.383 e. The van der Waals surface area contributed by atoms with E-state index in [1.54, 1.807) is 30.3 Å². The third-order valence-corrected chi connectivity index (χ3v) is 7.14. The van der Waals surface area contributed by atoms with Gasteiger partial charge in [0.05, 0.1) is 4.90 Å². The molecule has 35 heavy (non-hydrogen) atoms. The van der Waals surface area contributed by atoms with Crippen molar-refractivity contribution in [2.45, 2.75) is 30.2 Å². The molecule has 1 heterocycles. The Bertz CT molecular complexity index is 1500. The molecule has 0 spiro atoms. The number of hydrogen-bond donors (Lipinski definition) is 3. The van der Waals surface area contributed by atoms with Crippen LogP contribution < -0.4 is 16.4 Å². The van der Waals surface area contributed by atoms with Crippen molar-refractivity contribution >= 4 is 38.8 Å². The van der Waals surface area contributed by atoms with Gasteiger partial charge >= 0.3 is 0 Å². The second-order valence-corrected chi connectivity index (χ2v) is 9.93. The standard InChI is InChI=1S/C25H24FN5O3S/c1-16-11-12-21(17(2)13-16)29-22(32)15-31-24(27)23(35(33,34)20-9-4-3-5-10-20)25(30-31)28-19-8-6-7-18(26)14-19/h3-14H,15,27H2,1-2H3,(H,28,30)(H,29,32). The lowest BCUT2D eigenvalue weighted by atomic mass is 10.1. The van der Waals surface area contributed by atoms with E-state index in [1.807, 2.05) is 26.0 Å². The molecule has 0 fully saturated rings. The van der Waals surface area contributed by atoms with Crippen molar-refractivity contribution in [3.63, 3.8) is 0 Å². The molecule has 4 aromatic rings. The maximum atomic E-state index is 13.7. The van der Waals surface area contributed by atoms with Crippen molar-refractivity contribution in [3.8, 4) is 0 Å². The average Bonchev–Trinajstić information content (AvgIpc) is 3.11. The Labute approximate surface area is 202 Å². The van der Waals surface area contributed by atoms with E-state index < -0.39 is 21.6 Å². The number of nitrogens with two attached hydrogens (primary N) is 1. The number of rotatable bonds is 7. The smallest absolute Gasteiger partial charge is 0.246 e. The molecule has 180 valence electrons. The van der Waals surface area contributed by atoms with Gasteiger partial charge in [0.25, 0.3) is 0 Å². The predicted molar refractivity (Wildman–Crippen MR) is 133 cm³/mol. The molecule has 0 aliphatic rings. The molecule has 0 saturated heterocycles. The van der Waals surface area contributed by atoms with E-state index in [4.69, 9.17) is 5.73 Å². The van der Waals surface area contributed by atoms with E-state index in [2.05, 4.69) is 15.7 Å². The van der Waals surface area contributed by atoms with Crippen molar-refractivity contribution < 1.29 is 17.6 Å². The summed E-state index contributed by atoms with van der Waals surface area (Å²) < 4.78 is 41.7. The first-order chi connectivity index (χ1) is 16.6. The highest BCUT2D eigenvalue weighted by molar-refractivity contribution is 7.91. The van der Waals surface area contributed by atoms with Gasteiger partial charge in [0.2, 0.25) is 15.7 Å². The van der Waals surface area contributed by atoms with Crippen LogP contribution in [0.3, 0.4) is 0 Å². The van der Waals surface area contributed by atoms with Gasteiger partial charge in [-0.3, -0.25) is 4.79 Å². The van der Waals surface area contributed by atoms with Gasteiger partial charge in [-0.1, -0.05) is 42.0 Å². The molecule has 0 saturated carbocycles. The molecule has 0 radical (unpaired) electrons. The topological polar surface area (TPSA) is 119 Å². The number of sulfone groups is 1. The normalized spacial score (nSPS) is 11.3. The van der Waals surface area contributed by atoms with E-state index in [0.29, 0.717) is 5.69 Å². The zero-order chi connectivity index (χ0) is 25.2. The maximum Gasteiger partial charge on any atom is 0.246 e. The molecule has 1 aromatic heterocycles. The van der Waals surface area contributed by atoms with E-state index in [0.717, 1.165) is 15.8 Å². The third kappa shape index (κ3) is 5.17. The molecule has 1 amide bonds. The molecular weight excluding hydrogens is 469 g/mol. The number of carbonyl (C=O) groups is 1. The predicted octanol–water partition coefficient (Wildman–Crippen LogP) is 4.44. The summed E-state index contributed by atoms with van der Waals surface area (Å²) in [6.45, 7) is 3.49.